The lowest BCUT2D eigenvalue weighted by Gasteiger charge is -2.39. The minimum Gasteiger partial charge on any atom is -0.392 e. The fourth-order valence-electron chi connectivity index (χ4n) is 2.76. The van der Waals surface area contributed by atoms with Gasteiger partial charge in [-0.3, -0.25) is 4.79 Å². The van der Waals surface area contributed by atoms with Gasteiger partial charge in [0.25, 0.3) is 0 Å². The molecule has 0 aliphatic heterocycles. The predicted molar refractivity (Wildman–Crippen MR) is 86.3 cm³/mol. The van der Waals surface area contributed by atoms with Gasteiger partial charge in [0, 0.05) is 14.1 Å². The SMILES string of the molecule is CC[C@@H](O)[C@](CCN(C)C)(C(=O)N(C)C)c1ccccc1. The van der Waals surface area contributed by atoms with E-state index in [1.54, 1.807) is 19.0 Å². The molecule has 4 nitrogen and oxygen atoms in total. The molecule has 0 aromatic heterocycles. The van der Waals surface area contributed by atoms with Crippen LogP contribution in [0.25, 0.3) is 0 Å². The molecule has 0 fully saturated rings. The number of nitrogens with zero attached hydrogens (tertiary/aromatic N) is 2. The number of amides is 1. The van der Waals surface area contributed by atoms with Crippen LogP contribution in [0.3, 0.4) is 0 Å². The van der Waals surface area contributed by atoms with Gasteiger partial charge in [-0.2, -0.15) is 0 Å². The molecular weight excluding hydrogens is 264 g/mol. The van der Waals surface area contributed by atoms with Crippen molar-refractivity contribution < 1.29 is 9.90 Å². The van der Waals surface area contributed by atoms with Crippen molar-refractivity contribution >= 4 is 5.91 Å². The Balaban J connectivity index is 3.37. The van der Waals surface area contributed by atoms with Crippen molar-refractivity contribution in [1.82, 2.24) is 9.80 Å². The summed E-state index contributed by atoms with van der Waals surface area (Å²) in [6.45, 7) is 2.66. The molecule has 0 saturated heterocycles. The molecule has 0 aliphatic rings. The summed E-state index contributed by atoms with van der Waals surface area (Å²) in [6, 6.07) is 9.65. The Bertz CT molecular complexity index is 445. The Hall–Kier alpha value is -1.39. The Morgan fingerprint density at radius 3 is 2.19 bits per heavy atom. The van der Waals surface area contributed by atoms with Crippen molar-refractivity contribution in [1.29, 1.82) is 0 Å². The molecule has 2 atom stereocenters. The van der Waals surface area contributed by atoms with E-state index in [-0.39, 0.29) is 5.91 Å². The monoisotopic (exact) mass is 292 g/mol. The lowest BCUT2D eigenvalue weighted by molar-refractivity contribution is -0.140. The molecule has 1 N–H and O–H groups in total. The van der Waals surface area contributed by atoms with Crippen LogP contribution < -0.4 is 0 Å². The average molecular weight is 292 g/mol. The molecule has 1 aromatic carbocycles. The number of rotatable bonds is 7. The van der Waals surface area contributed by atoms with Gasteiger partial charge in [-0.05, 0) is 39.0 Å². The fourth-order valence-corrected chi connectivity index (χ4v) is 2.76. The second kappa shape index (κ2) is 7.57. The summed E-state index contributed by atoms with van der Waals surface area (Å²) in [4.78, 5) is 16.6. The summed E-state index contributed by atoms with van der Waals surface area (Å²) >= 11 is 0. The van der Waals surface area contributed by atoms with Crippen molar-refractivity contribution in [2.75, 3.05) is 34.7 Å². The Morgan fingerprint density at radius 2 is 1.76 bits per heavy atom. The van der Waals surface area contributed by atoms with Crippen LogP contribution in [0.1, 0.15) is 25.3 Å². The van der Waals surface area contributed by atoms with E-state index in [9.17, 15) is 9.90 Å². The van der Waals surface area contributed by atoms with E-state index in [0.717, 1.165) is 12.1 Å². The van der Waals surface area contributed by atoms with Crippen molar-refractivity contribution in [2.24, 2.45) is 0 Å². The van der Waals surface area contributed by atoms with Gasteiger partial charge in [0.15, 0.2) is 0 Å². The number of benzene rings is 1. The van der Waals surface area contributed by atoms with E-state index >= 15 is 0 Å². The Morgan fingerprint density at radius 1 is 1.19 bits per heavy atom. The summed E-state index contributed by atoms with van der Waals surface area (Å²) in [6.07, 6.45) is 0.438. The van der Waals surface area contributed by atoms with Crippen LogP contribution in [0.15, 0.2) is 30.3 Å². The maximum Gasteiger partial charge on any atom is 0.235 e. The lowest BCUT2D eigenvalue weighted by atomic mass is 9.71. The molecule has 1 aromatic rings. The number of hydrogen-bond acceptors (Lipinski definition) is 3. The first-order chi connectivity index (χ1) is 9.86. The molecule has 4 heteroatoms. The van der Waals surface area contributed by atoms with Crippen molar-refractivity contribution in [3.63, 3.8) is 0 Å². The predicted octanol–water partition coefficient (Wildman–Crippen LogP) is 1.74. The van der Waals surface area contributed by atoms with E-state index in [1.807, 2.05) is 56.3 Å². The number of hydrogen-bond donors (Lipinski definition) is 1. The van der Waals surface area contributed by atoms with Crippen molar-refractivity contribution in [2.45, 2.75) is 31.3 Å². The van der Waals surface area contributed by atoms with Gasteiger partial charge in [-0.1, -0.05) is 37.3 Å². The highest BCUT2D eigenvalue weighted by Crippen LogP contribution is 2.35. The van der Waals surface area contributed by atoms with Crippen molar-refractivity contribution in [3.05, 3.63) is 35.9 Å². The van der Waals surface area contributed by atoms with E-state index in [4.69, 9.17) is 0 Å². The summed E-state index contributed by atoms with van der Waals surface area (Å²) in [7, 11) is 7.46. The zero-order valence-electron chi connectivity index (χ0n) is 13.8. The molecule has 0 spiro atoms. The molecule has 0 saturated carbocycles. The molecule has 1 rings (SSSR count). The molecule has 0 bridgehead atoms. The first kappa shape index (κ1) is 17.7. The molecule has 1 amide bonds. The molecule has 0 heterocycles. The fraction of sp³-hybridized carbons (Fsp3) is 0.588. The average Bonchev–Trinajstić information content (AvgIpc) is 2.47. The van der Waals surface area contributed by atoms with Gasteiger partial charge in [0.05, 0.1) is 6.10 Å². The minimum absolute atomic E-state index is 0.0371. The zero-order valence-corrected chi connectivity index (χ0v) is 13.8. The number of carbonyl (C=O) groups is 1. The topological polar surface area (TPSA) is 43.8 Å². The smallest absolute Gasteiger partial charge is 0.235 e. The standard InChI is InChI=1S/C17H28N2O2/c1-6-15(20)17(12-13-18(2)3,16(21)19(4)5)14-10-8-7-9-11-14/h7-11,15,20H,6,12-13H2,1-5H3/t15-,17-/m1/s1. The van der Waals surface area contributed by atoms with Crippen LogP contribution in [0.4, 0.5) is 0 Å². The van der Waals surface area contributed by atoms with Gasteiger partial charge >= 0.3 is 0 Å². The molecule has 118 valence electrons. The minimum atomic E-state index is -0.885. The van der Waals surface area contributed by atoms with E-state index in [0.29, 0.717) is 12.8 Å². The second-order valence-corrected chi connectivity index (χ2v) is 6.01. The van der Waals surface area contributed by atoms with Crippen LogP contribution in [0, 0.1) is 0 Å². The third kappa shape index (κ3) is 3.83. The largest absolute Gasteiger partial charge is 0.392 e. The molecular formula is C17H28N2O2. The number of carbonyl (C=O) groups excluding carboxylic acids is 1. The van der Waals surface area contributed by atoms with Crippen LogP contribution in [0.5, 0.6) is 0 Å². The maximum absolute atomic E-state index is 12.9. The summed E-state index contributed by atoms with van der Waals surface area (Å²) in [5.74, 6) is -0.0371. The second-order valence-electron chi connectivity index (χ2n) is 6.01. The van der Waals surface area contributed by atoms with Crippen molar-refractivity contribution in [3.8, 4) is 0 Å². The highest BCUT2D eigenvalue weighted by atomic mass is 16.3. The number of likely N-dealkylation sites (N-methyl/N-ethyl adjacent to an activating group) is 1. The molecule has 0 aliphatic carbocycles. The van der Waals surface area contributed by atoms with Gasteiger partial charge < -0.3 is 14.9 Å². The highest BCUT2D eigenvalue weighted by Gasteiger charge is 2.46. The van der Waals surface area contributed by atoms with Crippen LogP contribution in [0.2, 0.25) is 0 Å². The van der Waals surface area contributed by atoms with E-state index in [2.05, 4.69) is 0 Å². The zero-order chi connectivity index (χ0) is 16.0. The summed E-state index contributed by atoms with van der Waals surface area (Å²) in [5.41, 5.74) is 0.00366. The lowest BCUT2D eigenvalue weighted by Crippen LogP contribution is -2.53. The number of aliphatic hydroxyl groups excluding tert-OH is 1. The van der Waals surface area contributed by atoms with Gasteiger partial charge in [0.1, 0.15) is 5.41 Å². The Labute approximate surface area is 128 Å². The third-order valence-corrected chi connectivity index (χ3v) is 3.99. The summed E-state index contributed by atoms with van der Waals surface area (Å²) in [5, 5.41) is 10.7. The van der Waals surface area contributed by atoms with Crippen LogP contribution in [-0.4, -0.2) is 61.7 Å². The molecule has 21 heavy (non-hydrogen) atoms. The maximum atomic E-state index is 12.9. The van der Waals surface area contributed by atoms with Crippen LogP contribution >= 0.6 is 0 Å². The van der Waals surface area contributed by atoms with E-state index < -0.39 is 11.5 Å². The molecule has 0 unspecified atom stereocenters. The number of aliphatic hydroxyl groups is 1. The van der Waals surface area contributed by atoms with Gasteiger partial charge in [-0.25, -0.2) is 0 Å². The normalized spacial score (nSPS) is 15.6. The quantitative estimate of drug-likeness (QED) is 0.832. The van der Waals surface area contributed by atoms with E-state index in [1.165, 1.54) is 0 Å². The first-order valence-electron chi connectivity index (χ1n) is 7.46. The van der Waals surface area contributed by atoms with Gasteiger partial charge in [0.2, 0.25) is 5.91 Å². The molecule has 0 radical (unpaired) electrons. The third-order valence-electron chi connectivity index (χ3n) is 3.99. The highest BCUT2D eigenvalue weighted by molar-refractivity contribution is 5.88. The van der Waals surface area contributed by atoms with Crippen LogP contribution in [-0.2, 0) is 10.2 Å². The Kier molecular flexibility index (Phi) is 6.37. The van der Waals surface area contributed by atoms with Gasteiger partial charge in [-0.15, -0.1) is 0 Å². The first-order valence-corrected chi connectivity index (χ1v) is 7.46. The summed E-state index contributed by atoms with van der Waals surface area (Å²) < 4.78 is 0.